The minimum absolute atomic E-state index is 0.227. The second kappa shape index (κ2) is 10.3. The highest BCUT2D eigenvalue weighted by Crippen LogP contribution is 2.18. The molecule has 0 saturated carbocycles. The molecule has 6 heteroatoms. The molecule has 2 N–H and O–H groups in total. The summed E-state index contributed by atoms with van der Waals surface area (Å²) in [4.78, 5) is 5.93. The molecule has 0 spiro atoms. The van der Waals surface area contributed by atoms with E-state index in [1.54, 1.807) is 24.1 Å². The lowest BCUT2D eigenvalue weighted by Crippen LogP contribution is -2.37. The molecule has 5 nitrogen and oxygen atoms in total. The van der Waals surface area contributed by atoms with Crippen molar-refractivity contribution in [2.45, 2.75) is 13.0 Å². The van der Waals surface area contributed by atoms with E-state index >= 15 is 0 Å². The molecule has 2 aromatic rings. The average Bonchev–Trinajstić information content (AvgIpc) is 2.64. The number of benzene rings is 2. The van der Waals surface area contributed by atoms with Crippen LogP contribution in [0.3, 0.4) is 0 Å². The lowest BCUT2D eigenvalue weighted by Gasteiger charge is -2.15. The molecule has 2 rings (SSSR count). The Bertz CT molecular complexity index is 704. The highest BCUT2D eigenvalue weighted by molar-refractivity contribution is 5.79. The largest absolute Gasteiger partial charge is 0.494 e. The molecule has 0 bridgehead atoms. The molecule has 0 fully saturated rings. The molecule has 0 saturated heterocycles. The van der Waals surface area contributed by atoms with Gasteiger partial charge < -0.3 is 20.3 Å². The van der Waals surface area contributed by atoms with Crippen molar-refractivity contribution in [1.29, 1.82) is 0 Å². The van der Waals surface area contributed by atoms with Crippen molar-refractivity contribution >= 4 is 11.6 Å². The van der Waals surface area contributed by atoms with Gasteiger partial charge in [-0.05, 0) is 36.2 Å². The van der Waals surface area contributed by atoms with E-state index in [9.17, 15) is 4.39 Å². The maximum absolute atomic E-state index is 14.0. The number of halogens is 1. The Labute approximate surface area is 154 Å². The summed E-state index contributed by atoms with van der Waals surface area (Å²) >= 11 is 0. The molecule has 0 unspecified atom stereocenters. The Hall–Kier alpha value is -2.76. The summed E-state index contributed by atoms with van der Waals surface area (Å²) in [5.41, 5.74) is 1.44. The summed E-state index contributed by atoms with van der Waals surface area (Å²) in [6, 6.07) is 15.0. The van der Waals surface area contributed by atoms with E-state index in [-0.39, 0.29) is 5.82 Å². The number of hydrogen-bond acceptors (Lipinski definition) is 3. The first-order valence-electron chi connectivity index (χ1n) is 8.68. The number of para-hydroxylation sites is 1. The summed E-state index contributed by atoms with van der Waals surface area (Å²) in [5, 5.41) is 6.42. The molecular weight excluding hydrogens is 331 g/mol. The van der Waals surface area contributed by atoms with Crippen molar-refractivity contribution < 1.29 is 9.13 Å². The van der Waals surface area contributed by atoms with Gasteiger partial charge in [0, 0.05) is 34.2 Å². The van der Waals surface area contributed by atoms with Crippen LogP contribution >= 0.6 is 0 Å². The minimum Gasteiger partial charge on any atom is -0.494 e. The van der Waals surface area contributed by atoms with Crippen LogP contribution in [0.25, 0.3) is 0 Å². The maximum Gasteiger partial charge on any atom is 0.191 e. The number of nitrogens with one attached hydrogen (secondary N) is 2. The predicted molar refractivity (Wildman–Crippen MR) is 105 cm³/mol. The molecule has 140 valence electrons. The van der Waals surface area contributed by atoms with E-state index in [0.29, 0.717) is 24.8 Å². The van der Waals surface area contributed by atoms with Gasteiger partial charge in [0.1, 0.15) is 11.6 Å². The van der Waals surface area contributed by atoms with E-state index in [1.165, 1.54) is 0 Å². The summed E-state index contributed by atoms with van der Waals surface area (Å²) in [5.74, 6) is 1.33. The summed E-state index contributed by atoms with van der Waals surface area (Å²) in [7, 11) is 5.36. The van der Waals surface area contributed by atoms with Gasteiger partial charge >= 0.3 is 0 Å². The van der Waals surface area contributed by atoms with Crippen molar-refractivity contribution in [2.75, 3.05) is 39.2 Å². The number of ether oxygens (including phenoxy) is 1. The third kappa shape index (κ3) is 6.27. The van der Waals surface area contributed by atoms with Crippen LogP contribution in [0.4, 0.5) is 10.1 Å². The van der Waals surface area contributed by atoms with Crippen molar-refractivity contribution in [3.63, 3.8) is 0 Å². The lowest BCUT2D eigenvalue weighted by molar-refractivity contribution is 0.311. The number of nitrogens with zero attached hydrogens (tertiary/aromatic N) is 2. The van der Waals surface area contributed by atoms with Crippen LogP contribution in [0.15, 0.2) is 53.5 Å². The Morgan fingerprint density at radius 3 is 2.54 bits per heavy atom. The van der Waals surface area contributed by atoms with Gasteiger partial charge in [0.25, 0.3) is 0 Å². The second-order valence-corrected chi connectivity index (χ2v) is 6.05. The number of anilines is 1. The van der Waals surface area contributed by atoms with Crippen LogP contribution in [-0.2, 0) is 6.54 Å². The van der Waals surface area contributed by atoms with Crippen LogP contribution in [0.2, 0.25) is 0 Å². The molecule has 0 amide bonds. The Balaban J connectivity index is 1.70. The van der Waals surface area contributed by atoms with E-state index in [4.69, 9.17) is 4.74 Å². The molecule has 0 atom stereocenters. The van der Waals surface area contributed by atoms with Gasteiger partial charge in [0.15, 0.2) is 5.96 Å². The first-order valence-corrected chi connectivity index (χ1v) is 8.68. The summed E-state index contributed by atoms with van der Waals surface area (Å²) in [6.07, 6.45) is 0.849. The van der Waals surface area contributed by atoms with Crippen molar-refractivity contribution in [3.8, 4) is 5.75 Å². The van der Waals surface area contributed by atoms with Crippen LogP contribution < -0.4 is 20.3 Å². The zero-order valence-corrected chi connectivity index (χ0v) is 15.6. The first-order chi connectivity index (χ1) is 12.6. The van der Waals surface area contributed by atoms with Crippen LogP contribution in [0.5, 0.6) is 5.75 Å². The molecule has 2 aromatic carbocycles. The predicted octanol–water partition coefficient (Wildman–Crippen LogP) is 3.03. The Morgan fingerprint density at radius 2 is 1.88 bits per heavy atom. The maximum atomic E-state index is 14.0. The van der Waals surface area contributed by atoms with Gasteiger partial charge in [-0.25, -0.2) is 4.39 Å². The van der Waals surface area contributed by atoms with Gasteiger partial charge in [-0.3, -0.25) is 4.99 Å². The highest BCUT2D eigenvalue weighted by Gasteiger charge is 2.06. The van der Waals surface area contributed by atoms with Gasteiger partial charge in [0.05, 0.1) is 12.3 Å². The fourth-order valence-electron chi connectivity index (χ4n) is 2.42. The molecule has 0 aliphatic rings. The summed E-state index contributed by atoms with van der Waals surface area (Å²) < 4.78 is 19.7. The van der Waals surface area contributed by atoms with Gasteiger partial charge in [0.2, 0.25) is 0 Å². The third-order valence-corrected chi connectivity index (χ3v) is 3.80. The Morgan fingerprint density at radius 1 is 1.12 bits per heavy atom. The molecule has 0 aliphatic carbocycles. The SMILES string of the molecule is CN=C(NCCCOc1ccccc1)NCc1ccc(N(C)C)c(F)c1. The first kappa shape index (κ1) is 19.6. The van der Waals surface area contributed by atoms with Crippen molar-refractivity contribution in [1.82, 2.24) is 10.6 Å². The Kier molecular flexibility index (Phi) is 7.74. The number of guanidine groups is 1. The molecule has 0 radical (unpaired) electrons. The number of rotatable bonds is 8. The topological polar surface area (TPSA) is 48.9 Å². The smallest absolute Gasteiger partial charge is 0.191 e. The standard InChI is InChI=1S/C20H27FN4O/c1-22-20(23-12-7-13-26-17-8-5-4-6-9-17)24-15-16-10-11-19(25(2)3)18(21)14-16/h4-6,8-11,14H,7,12-13,15H2,1-3H3,(H2,22,23,24). The normalized spacial score (nSPS) is 11.2. The quantitative estimate of drug-likeness (QED) is 0.433. The zero-order chi connectivity index (χ0) is 18.8. The highest BCUT2D eigenvalue weighted by atomic mass is 19.1. The fourth-order valence-corrected chi connectivity index (χ4v) is 2.42. The number of aliphatic imine (C=N–C) groups is 1. The van der Waals surface area contributed by atoms with Crippen molar-refractivity contribution in [3.05, 3.63) is 59.9 Å². The summed E-state index contributed by atoms with van der Waals surface area (Å²) in [6.45, 7) is 1.87. The van der Waals surface area contributed by atoms with E-state index in [0.717, 1.165) is 24.3 Å². The van der Waals surface area contributed by atoms with Crippen molar-refractivity contribution in [2.24, 2.45) is 4.99 Å². The van der Waals surface area contributed by atoms with E-state index in [2.05, 4.69) is 15.6 Å². The van der Waals surface area contributed by atoms with Gasteiger partial charge in [-0.15, -0.1) is 0 Å². The molecule has 0 aromatic heterocycles. The molecule has 26 heavy (non-hydrogen) atoms. The fraction of sp³-hybridized carbons (Fsp3) is 0.350. The van der Waals surface area contributed by atoms with Crippen LogP contribution in [-0.4, -0.2) is 40.3 Å². The molecule has 0 aliphatic heterocycles. The van der Waals surface area contributed by atoms with E-state index < -0.39 is 0 Å². The van der Waals surface area contributed by atoms with E-state index in [1.807, 2.05) is 50.5 Å². The molecular formula is C20H27FN4O. The molecule has 0 heterocycles. The third-order valence-electron chi connectivity index (χ3n) is 3.80. The lowest BCUT2D eigenvalue weighted by atomic mass is 10.2. The van der Waals surface area contributed by atoms with Crippen LogP contribution in [0, 0.1) is 5.82 Å². The monoisotopic (exact) mass is 358 g/mol. The van der Waals surface area contributed by atoms with Gasteiger partial charge in [-0.1, -0.05) is 24.3 Å². The average molecular weight is 358 g/mol. The number of hydrogen-bond donors (Lipinski definition) is 2. The zero-order valence-electron chi connectivity index (χ0n) is 15.6. The van der Waals surface area contributed by atoms with Gasteiger partial charge in [-0.2, -0.15) is 0 Å². The second-order valence-electron chi connectivity index (χ2n) is 6.05. The van der Waals surface area contributed by atoms with Crippen LogP contribution in [0.1, 0.15) is 12.0 Å². The minimum atomic E-state index is -0.227.